The molecule has 0 saturated carbocycles. The number of nitrogens with one attached hydrogen (secondary N) is 1. The molecular weight excluding hydrogens is 505 g/mol. The molecular formula is C18H16Br2FNO6. The molecule has 0 aliphatic carbocycles. The maximum Gasteiger partial charge on any atom is 0.341 e. The standard InChI is InChI=1S/C18H16Br2FNO6/c1-25-15-13(19)12(14(20)16(26-2)17(15)27-3)18(24)28-8-11(23)22-10-6-4-9(21)5-7-10/h4-7H,8H2,1-3H3,(H,22,23). The van der Waals surface area contributed by atoms with Gasteiger partial charge in [-0.1, -0.05) is 0 Å². The molecule has 0 radical (unpaired) electrons. The van der Waals surface area contributed by atoms with Gasteiger partial charge in [0.25, 0.3) is 5.91 Å². The Morgan fingerprint density at radius 1 is 0.929 bits per heavy atom. The third kappa shape index (κ3) is 4.74. The van der Waals surface area contributed by atoms with Crippen molar-refractivity contribution in [3.63, 3.8) is 0 Å². The number of rotatable bonds is 7. The molecule has 0 bridgehead atoms. The molecule has 0 heterocycles. The van der Waals surface area contributed by atoms with Crippen LogP contribution in [0.1, 0.15) is 10.4 Å². The third-order valence-electron chi connectivity index (χ3n) is 3.53. The average molecular weight is 521 g/mol. The maximum atomic E-state index is 12.9. The lowest BCUT2D eigenvalue weighted by Gasteiger charge is -2.18. The van der Waals surface area contributed by atoms with E-state index < -0.39 is 24.3 Å². The molecule has 0 saturated heterocycles. The summed E-state index contributed by atoms with van der Waals surface area (Å²) in [6.07, 6.45) is 0. The highest BCUT2D eigenvalue weighted by molar-refractivity contribution is 9.11. The summed E-state index contributed by atoms with van der Waals surface area (Å²) in [6.45, 7) is -0.550. The molecule has 0 spiro atoms. The molecule has 0 aliphatic heterocycles. The maximum absolute atomic E-state index is 12.9. The highest BCUT2D eigenvalue weighted by atomic mass is 79.9. The number of methoxy groups -OCH3 is 3. The van der Waals surface area contributed by atoms with Gasteiger partial charge in [-0.25, -0.2) is 9.18 Å². The van der Waals surface area contributed by atoms with E-state index in [0.29, 0.717) is 5.69 Å². The largest absolute Gasteiger partial charge is 0.492 e. The van der Waals surface area contributed by atoms with Crippen molar-refractivity contribution in [2.24, 2.45) is 0 Å². The Balaban J connectivity index is 2.19. The van der Waals surface area contributed by atoms with Crippen LogP contribution >= 0.6 is 31.9 Å². The topological polar surface area (TPSA) is 83.1 Å². The summed E-state index contributed by atoms with van der Waals surface area (Å²) < 4.78 is 34.3. The van der Waals surface area contributed by atoms with E-state index in [9.17, 15) is 14.0 Å². The Morgan fingerprint density at radius 2 is 1.43 bits per heavy atom. The summed E-state index contributed by atoms with van der Waals surface area (Å²) in [7, 11) is 4.24. The number of carbonyl (C=O) groups is 2. The van der Waals surface area contributed by atoms with Crippen LogP contribution in [0.3, 0.4) is 0 Å². The summed E-state index contributed by atoms with van der Waals surface area (Å²) in [5.41, 5.74) is 0.432. The minimum Gasteiger partial charge on any atom is -0.492 e. The lowest BCUT2D eigenvalue weighted by molar-refractivity contribution is -0.119. The molecule has 1 N–H and O–H groups in total. The fraction of sp³-hybridized carbons (Fsp3) is 0.222. The Bertz CT molecular complexity index is 858. The van der Waals surface area contributed by atoms with Crippen molar-refractivity contribution in [3.05, 3.63) is 44.6 Å². The van der Waals surface area contributed by atoms with Crippen LogP contribution in [-0.2, 0) is 9.53 Å². The summed E-state index contributed by atoms with van der Waals surface area (Å²) >= 11 is 6.58. The predicted molar refractivity (Wildman–Crippen MR) is 107 cm³/mol. The van der Waals surface area contributed by atoms with Crippen LogP contribution in [0.25, 0.3) is 0 Å². The molecule has 2 rings (SSSR count). The number of amides is 1. The average Bonchev–Trinajstić information content (AvgIpc) is 2.67. The molecule has 0 aliphatic rings. The number of benzene rings is 2. The SMILES string of the molecule is COc1c(Br)c(C(=O)OCC(=O)Nc2ccc(F)cc2)c(Br)c(OC)c1OC. The molecule has 0 atom stereocenters. The van der Waals surface area contributed by atoms with E-state index in [1.54, 1.807) is 0 Å². The van der Waals surface area contributed by atoms with Crippen LogP contribution in [0, 0.1) is 5.82 Å². The summed E-state index contributed by atoms with van der Waals surface area (Å²) in [5.74, 6) is -1.08. The number of hydrogen-bond acceptors (Lipinski definition) is 6. The van der Waals surface area contributed by atoms with Gasteiger partial charge in [0, 0.05) is 5.69 Å². The molecule has 2 aromatic rings. The molecule has 7 nitrogen and oxygen atoms in total. The van der Waals surface area contributed by atoms with Crippen LogP contribution in [0.4, 0.5) is 10.1 Å². The summed E-state index contributed by atoms with van der Waals surface area (Å²) in [6, 6.07) is 5.18. The first-order chi connectivity index (χ1) is 13.3. The second-order valence-corrected chi connectivity index (χ2v) is 6.82. The number of halogens is 3. The van der Waals surface area contributed by atoms with Crippen molar-refractivity contribution in [1.82, 2.24) is 0 Å². The van der Waals surface area contributed by atoms with Gasteiger partial charge in [0.05, 0.1) is 35.8 Å². The van der Waals surface area contributed by atoms with Crippen molar-refractivity contribution in [2.75, 3.05) is 33.3 Å². The molecule has 0 unspecified atom stereocenters. The van der Waals surface area contributed by atoms with Crippen LogP contribution in [0.15, 0.2) is 33.2 Å². The van der Waals surface area contributed by atoms with Gasteiger partial charge in [-0.15, -0.1) is 0 Å². The second kappa shape index (κ2) is 9.74. The molecule has 150 valence electrons. The Morgan fingerprint density at radius 3 is 1.89 bits per heavy atom. The van der Waals surface area contributed by atoms with Crippen LogP contribution in [-0.4, -0.2) is 39.8 Å². The van der Waals surface area contributed by atoms with Gasteiger partial charge in [-0.3, -0.25) is 4.79 Å². The smallest absolute Gasteiger partial charge is 0.341 e. The number of hydrogen-bond donors (Lipinski definition) is 1. The van der Waals surface area contributed by atoms with Gasteiger partial charge >= 0.3 is 5.97 Å². The van der Waals surface area contributed by atoms with Crippen molar-refractivity contribution >= 4 is 49.4 Å². The van der Waals surface area contributed by atoms with Crippen LogP contribution in [0.2, 0.25) is 0 Å². The van der Waals surface area contributed by atoms with Crippen LogP contribution in [0.5, 0.6) is 17.2 Å². The quantitative estimate of drug-likeness (QED) is 0.552. The minimum absolute atomic E-state index is 0.0593. The Labute approximate surface area is 177 Å². The fourth-order valence-corrected chi connectivity index (χ4v) is 3.96. The lowest BCUT2D eigenvalue weighted by atomic mass is 10.2. The molecule has 28 heavy (non-hydrogen) atoms. The van der Waals surface area contributed by atoms with Gasteiger partial charge in [0.2, 0.25) is 5.75 Å². The molecule has 0 fully saturated rings. The first-order valence-electron chi connectivity index (χ1n) is 7.73. The first kappa shape index (κ1) is 22.0. The van der Waals surface area contributed by atoms with E-state index in [-0.39, 0.29) is 31.8 Å². The molecule has 10 heteroatoms. The van der Waals surface area contributed by atoms with Gasteiger partial charge in [-0.05, 0) is 56.1 Å². The zero-order valence-electron chi connectivity index (χ0n) is 15.1. The van der Waals surface area contributed by atoms with Crippen molar-refractivity contribution in [1.29, 1.82) is 0 Å². The summed E-state index contributed by atoms with van der Waals surface area (Å²) in [5, 5.41) is 2.49. The van der Waals surface area contributed by atoms with Crippen molar-refractivity contribution in [3.8, 4) is 17.2 Å². The highest BCUT2D eigenvalue weighted by Crippen LogP contribution is 2.50. The zero-order chi connectivity index (χ0) is 20.8. The van der Waals surface area contributed by atoms with Gasteiger partial charge < -0.3 is 24.3 Å². The molecule has 2 aromatic carbocycles. The number of ether oxygens (including phenoxy) is 4. The monoisotopic (exact) mass is 519 g/mol. The van der Waals surface area contributed by atoms with E-state index >= 15 is 0 Å². The Hall–Kier alpha value is -2.33. The van der Waals surface area contributed by atoms with Crippen molar-refractivity contribution in [2.45, 2.75) is 0 Å². The van der Waals surface area contributed by atoms with Gasteiger partial charge in [0.1, 0.15) is 5.82 Å². The van der Waals surface area contributed by atoms with Gasteiger partial charge in [-0.2, -0.15) is 0 Å². The minimum atomic E-state index is -0.799. The number of anilines is 1. The predicted octanol–water partition coefficient (Wildman–Crippen LogP) is 4.17. The molecule has 1 amide bonds. The Kier molecular flexibility index (Phi) is 7.64. The fourth-order valence-electron chi connectivity index (χ4n) is 2.29. The highest BCUT2D eigenvalue weighted by Gasteiger charge is 2.29. The number of esters is 1. The number of carbonyl (C=O) groups excluding carboxylic acids is 2. The van der Waals surface area contributed by atoms with E-state index in [1.165, 1.54) is 45.6 Å². The van der Waals surface area contributed by atoms with Crippen molar-refractivity contribution < 1.29 is 32.9 Å². The van der Waals surface area contributed by atoms with Crippen LogP contribution < -0.4 is 19.5 Å². The van der Waals surface area contributed by atoms with E-state index in [0.717, 1.165) is 0 Å². The summed E-state index contributed by atoms with van der Waals surface area (Å²) in [4.78, 5) is 24.5. The van der Waals surface area contributed by atoms with E-state index in [2.05, 4.69) is 37.2 Å². The normalized spacial score (nSPS) is 10.2. The van der Waals surface area contributed by atoms with E-state index in [4.69, 9.17) is 18.9 Å². The third-order valence-corrected chi connectivity index (χ3v) is 5.04. The zero-order valence-corrected chi connectivity index (χ0v) is 18.3. The second-order valence-electron chi connectivity index (χ2n) is 5.23. The van der Waals surface area contributed by atoms with E-state index in [1.807, 2.05) is 0 Å². The van der Waals surface area contributed by atoms with Gasteiger partial charge in [0.15, 0.2) is 18.1 Å². The first-order valence-corrected chi connectivity index (χ1v) is 9.32. The molecule has 0 aromatic heterocycles. The lowest BCUT2D eigenvalue weighted by Crippen LogP contribution is -2.21.